The number of nitrogens with two attached hydrogens (primary N) is 2. The molecule has 2 rings (SSSR count). The van der Waals surface area contributed by atoms with Crippen molar-refractivity contribution in [1.29, 1.82) is 0 Å². The predicted octanol–water partition coefficient (Wildman–Crippen LogP) is 3.04. The van der Waals surface area contributed by atoms with Crippen molar-refractivity contribution in [3.8, 4) is 0 Å². The fraction of sp³-hybridized carbons (Fsp3) is 0.143. The van der Waals surface area contributed by atoms with E-state index in [9.17, 15) is 8.42 Å². The molecule has 2 aromatic carbocycles. The summed E-state index contributed by atoms with van der Waals surface area (Å²) in [6, 6.07) is 8.80. The molecule has 7 heteroatoms. The number of halogens is 1. The number of hydrogen-bond donors (Lipinski definition) is 3. The van der Waals surface area contributed by atoms with Crippen molar-refractivity contribution < 1.29 is 8.42 Å². The Morgan fingerprint density at radius 2 is 1.81 bits per heavy atom. The third-order valence-corrected chi connectivity index (χ3v) is 5.05. The number of nitrogen functional groups attached to an aromatic ring is 1. The molecule has 0 atom stereocenters. The molecule has 0 radical (unpaired) electrons. The van der Waals surface area contributed by atoms with Crippen molar-refractivity contribution in [3.63, 3.8) is 0 Å². The zero-order chi connectivity index (χ0) is 15.8. The summed E-state index contributed by atoms with van der Waals surface area (Å²) in [5.41, 5.74) is 9.15. The van der Waals surface area contributed by atoms with Crippen molar-refractivity contribution in [2.75, 3.05) is 11.1 Å². The highest BCUT2D eigenvalue weighted by molar-refractivity contribution is 9.10. The van der Waals surface area contributed by atoms with Crippen LogP contribution in [0.25, 0.3) is 0 Å². The van der Waals surface area contributed by atoms with Crippen LogP contribution in [0.2, 0.25) is 0 Å². The Morgan fingerprint density at radius 3 is 2.38 bits per heavy atom. The fourth-order valence-corrected chi connectivity index (χ4v) is 3.10. The van der Waals surface area contributed by atoms with E-state index in [0.717, 1.165) is 15.7 Å². The van der Waals surface area contributed by atoms with Crippen molar-refractivity contribution in [1.82, 2.24) is 0 Å². The van der Waals surface area contributed by atoms with E-state index in [-0.39, 0.29) is 4.90 Å². The third kappa shape index (κ3) is 3.55. The quantitative estimate of drug-likeness (QED) is 0.724. The SMILES string of the molecule is Cc1cc(Nc2cc(N)cc(S(N)(=O)=O)c2C)ccc1Br. The number of sulfonamides is 1. The van der Waals surface area contributed by atoms with Crippen LogP contribution in [0.3, 0.4) is 0 Å². The molecule has 0 saturated heterocycles. The minimum atomic E-state index is -3.81. The average Bonchev–Trinajstić information content (AvgIpc) is 2.36. The van der Waals surface area contributed by atoms with Crippen molar-refractivity contribution in [2.24, 2.45) is 5.14 Å². The van der Waals surface area contributed by atoms with E-state index >= 15 is 0 Å². The van der Waals surface area contributed by atoms with Crippen molar-refractivity contribution in [3.05, 3.63) is 45.9 Å². The second kappa shape index (κ2) is 5.67. The molecule has 5 N–H and O–H groups in total. The number of primary sulfonamides is 1. The van der Waals surface area contributed by atoms with Gasteiger partial charge in [-0.2, -0.15) is 0 Å². The zero-order valence-electron chi connectivity index (χ0n) is 11.6. The largest absolute Gasteiger partial charge is 0.399 e. The van der Waals surface area contributed by atoms with Gasteiger partial charge in [-0.05, 0) is 55.3 Å². The summed E-state index contributed by atoms with van der Waals surface area (Å²) in [6.07, 6.45) is 0. The first-order chi connectivity index (χ1) is 9.68. The van der Waals surface area contributed by atoms with Gasteiger partial charge in [0.2, 0.25) is 10.0 Å². The maximum absolute atomic E-state index is 11.6. The van der Waals surface area contributed by atoms with E-state index in [1.807, 2.05) is 25.1 Å². The highest BCUT2D eigenvalue weighted by Crippen LogP contribution is 2.30. The van der Waals surface area contributed by atoms with Crippen LogP contribution in [0, 0.1) is 13.8 Å². The van der Waals surface area contributed by atoms with Crippen LogP contribution in [-0.4, -0.2) is 8.42 Å². The summed E-state index contributed by atoms with van der Waals surface area (Å²) >= 11 is 3.43. The van der Waals surface area contributed by atoms with Gasteiger partial charge < -0.3 is 11.1 Å². The van der Waals surface area contributed by atoms with Crippen LogP contribution in [0.4, 0.5) is 17.1 Å². The Bertz CT molecular complexity index is 804. The Morgan fingerprint density at radius 1 is 1.14 bits per heavy atom. The molecule has 0 aliphatic carbocycles. The molecule has 0 bridgehead atoms. The Kier molecular flexibility index (Phi) is 4.27. The first-order valence-corrected chi connectivity index (χ1v) is 8.48. The van der Waals surface area contributed by atoms with Gasteiger partial charge >= 0.3 is 0 Å². The molecule has 0 fully saturated rings. The van der Waals surface area contributed by atoms with Crippen molar-refractivity contribution >= 4 is 43.0 Å². The molecule has 0 spiro atoms. The van der Waals surface area contributed by atoms with Gasteiger partial charge in [-0.15, -0.1) is 0 Å². The molecule has 0 heterocycles. The van der Waals surface area contributed by atoms with Crippen LogP contribution in [0.5, 0.6) is 0 Å². The van der Waals surface area contributed by atoms with Gasteiger partial charge in [0.15, 0.2) is 0 Å². The van der Waals surface area contributed by atoms with E-state index in [1.165, 1.54) is 6.07 Å². The van der Waals surface area contributed by atoms with Gasteiger partial charge in [0.1, 0.15) is 0 Å². The van der Waals surface area contributed by atoms with Gasteiger partial charge in [-0.1, -0.05) is 15.9 Å². The molecule has 0 aromatic heterocycles. The third-order valence-electron chi connectivity index (χ3n) is 3.13. The first-order valence-electron chi connectivity index (χ1n) is 6.14. The lowest BCUT2D eigenvalue weighted by Gasteiger charge is -2.14. The number of aryl methyl sites for hydroxylation is 1. The summed E-state index contributed by atoms with van der Waals surface area (Å²) in [5, 5.41) is 8.39. The lowest BCUT2D eigenvalue weighted by Crippen LogP contribution is -2.15. The highest BCUT2D eigenvalue weighted by Gasteiger charge is 2.15. The predicted molar refractivity (Wildman–Crippen MR) is 89.1 cm³/mol. The summed E-state index contributed by atoms with van der Waals surface area (Å²) in [6.45, 7) is 3.66. The smallest absolute Gasteiger partial charge is 0.238 e. The van der Waals surface area contributed by atoms with Gasteiger partial charge in [-0.25, -0.2) is 13.6 Å². The van der Waals surface area contributed by atoms with E-state index < -0.39 is 10.0 Å². The number of rotatable bonds is 3. The number of benzene rings is 2. The van der Waals surface area contributed by atoms with Crippen molar-refractivity contribution in [2.45, 2.75) is 18.7 Å². The zero-order valence-corrected chi connectivity index (χ0v) is 14.0. The lowest BCUT2D eigenvalue weighted by atomic mass is 10.1. The van der Waals surface area contributed by atoms with Gasteiger partial charge in [0, 0.05) is 21.5 Å². The second-order valence-electron chi connectivity index (χ2n) is 4.83. The minimum absolute atomic E-state index is 0.0267. The Hall–Kier alpha value is -1.57. The van der Waals surface area contributed by atoms with E-state index in [1.54, 1.807) is 13.0 Å². The minimum Gasteiger partial charge on any atom is -0.399 e. The van der Waals surface area contributed by atoms with Gasteiger partial charge in [0.05, 0.1) is 4.90 Å². The maximum atomic E-state index is 11.6. The second-order valence-corrected chi connectivity index (χ2v) is 7.21. The molecule has 0 aliphatic rings. The van der Waals surface area contributed by atoms with Gasteiger partial charge in [0.25, 0.3) is 0 Å². The molecule has 2 aromatic rings. The molecular weight excluding hydrogens is 354 g/mol. The number of anilines is 3. The number of hydrogen-bond acceptors (Lipinski definition) is 4. The monoisotopic (exact) mass is 369 g/mol. The van der Waals surface area contributed by atoms with Crippen LogP contribution < -0.4 is 16.2 Å². The molecule has 0 unspecified atom stereocenters. The molecule has 0 saturated carbocycles. The summed E-state index contributed by atoms with van der Waals surface area (Å²) < 4.78 is 24.2. The van der Waals surface area contributed by atoms with E-state index in [0.29, 0.717) is 16.9 Å². The van der Waals surface area contributed by atoms with E-state index in [4.69, 9.17) is 10.9 Å². The Balaban J connectivity index is 2.49. The topological polar surface area (TPSA) is 98.2 Å². The summed E-state index contributed by atoms with van der Waals surface area (Å²) in [4.78, 5) is 0.0267. The summed E-state index contributed by atoms with van der Waals surface area (Å²) in [5.74, 6) is 0. The van der Waals surface area contributed by atoms with E-state index in [2.05, 4.69) is 21.2 Å². The fourth-order valence-electron chi connectivity index (χ4n) is 2.01. The lowest BCUT2D eigenvalue weighted by molar-refractivity contribution is 0.597. The maximum Gasteiger partial charge on any atom is 0.238 e. The summed E-state index contributed by atoms with van der Waals surface area (Å²) in [7, 11) is -3.81. The molecule has 0 amide bonds. The Labute approximate surface area is 132 Å². The van der Waals surface area contributed by atoms with Crippen LogP contribution >= 0.6 is 15.9 Å². The average molecular weight is 370 g/mol. The first kappa shape index (κ1) is 15.8. The number of nitrogens with one attached hydrogen (secondary N) is 1. The molecule has 112 valence electrons. The van der Waals surface area contributed by atoms with Crippen LogP contribution in [0.15, 0.2) is 39.7 Å². The molecular formula is C14H16BrN3O2S. The van der Waals surface area contributed by atoms with Crippen LogP contribution in [0.1, 0.15) is 11.1 Å². The van der Waals surface area contributed by atoms with Gasteiger partial charge in [-0.3, -0.25) is 0 Å². The normalized spacial score (nSPS) is 11.4. The highest BCUT2D eigenvalue weighted by atomic mass is 79.9. The van der Waals surface area contributed by atoms with Crippen LogP contribution in [-0.2, 0) is 10.0 Å². The molecule has 5 nitrogen and oxygen atoms in total. The standard InChI is InChI=1S/C14H16BrN3O2S/c1-8-5-11(3-4-12(8)15)18-13-6-10(16)7-14(9(13)2)21(17,19)20/h3-7,18H,16H2,1-2H3,(H2,17,19,20). The molecule has 0 aliphatic heterocycles. The molecule has 21 heavy (non-hydrogen) atoms.